The van der Waals surface area contributed by atoms with Gasteiger partial charge in [0.05, 0.1) is 22.7 Å². The van der Waals surface area contributed by atoms with Crippen molar-refractivity contribution in [3.05, 3.63) is 82.3 Å². The fourth-order valence-electron chi connectivity index (χ4n) is 3.18. The Labute approximate surface area is 177 Å². The number of benzene rings is 2. The number of carbonyl (C=O) groups is 1. The first-order chi connectivity index (χ1) is 14.5. The number of nitrogens with one attached hydrogen (secondary N) is 1. The van der Waals surface area contributed by atoms with E-state index in [4.69, 9.17) is 4.52 Å². The van der Waals surface area contributed by atoms with Crippen molar-refractivity contribution in [1.82, 2.24) is 14.7 Å². The summed E-state index contributed by atoms with van der Waals surface area (Å²) in [4.78, 5) is 30.3. The third kappa shape index (κ3) is 4.13. The highest BCUT2D eigenvalue weighted by Crippen LogP contribution is 2.25. The van der Waals surface area contributed by atoms with Crippen LogP contribution in [0.2, 0.25) is 0 Å². The van der Waals surface area contributed by atoms with E-state index < -0.39 is 0 Å². The zero-order chi connectivity index (χ0) is 21.1. The molecule has 0 aliphatic rings. The Morgan fingerprint density at radius 3 is 2.63 bits per heavy atom. The molecule has 0 radical (unpaired) electrons. The molecule has 1 atom stereocenters. The van der Waals surface area contributed by atoms with Gasteiger partial charge >= 0.3 is 0 Å². The van der Waals surface area contributed by atoms with Crippen LogP contribution < -0.4 is 10.9 Å². The van der Waals surface area contributed by atoms with Gasteiger partial charge in [-0.05, 0) is 31.5 Å². The summed E-state index contributed by atoms with van der Waals surface area (Å²) in [6.45, 7) is 3.70. The van der Waals surface area contributed by atoms with Crippen LogP contribution in [0.1, 0.15) is 24.3 Å². The number of rotatable bonds is 6. The molecule has 8 heteroatoms. The number of carbonyl (C=O) groups excluding carboxylic acids is 1. The maximum Gasteiger partial charge on any atom is 0.262 e. The average molecular weight is 420 g/mol. The molecule has 4 rings (SSSR count). The Hall–Kier alpha value is -3.39. The predicted octanol–water partition coefficient (Wildman–Crippen LogP) is 4.03. The number of fused-ring (bicyclic) bond motifs is 1. The molecule has 2 aromatic heterocycles. The van der Waals surface area contributed by atoms with Gasteiger partial charge < -0.3 is 9.84 Å². The van der Waals surface area contributed by atoms with Crippen LogP contribution in [0.25, 0.3) is 10.9 Å². The van der Waals surface area contributed by atoms with E-state index in [0.717, 1.165) is 5.56 Å². The van der Waals surface area contributed by atoms with E-state index in [1.807, 2.05) is 49.4 Å². The lowest BCUT2D eigenvalue weighted by atomic mass is 10.1. The van der Waals surface area contributed by atoms with E-state index in [2.05, 4.69) is 15.5 Å². The third-order valence-corrected chi connectivity index (χ3v) is 5.63. The Bertz CT molecular complexity index is 1250. The highest BCUT2D eigenvalue weighted by molar-refractivity contribution is 7.99. The summed E-state index contributed by atoms with van der Waals surface area (Å²) >= 11 is 1.21. The Morgan fingerprint density at radius 2 is 1.90 bits per heavy atom. The number of nitrogens with zero attached hydrogens (tertiary/aromatic N) is 3. The molecular weight excluding hydrogens is 400 g/mol. The number of anilines is 1. The maximum atomic E-state index is 13.3. The van der Waals surface area contributed by atoms with Gasteiger partial charge in [0.15, 0.2) is 11.0 Å². The largest absolute Gasteiger partial charge is 0.360 e. The van der Waals surface area contributed by atoms with Crippen LogP contribution in [0, 0.1) is 6.92 Å². The first kappa shape index (κ1) is 19.9. The second-order valence-electron chi connectivity index (χ2n) is 6.83. The predicted molar refractivity (Wildman–Crippen MR) is 117 cm³/mol. The van der Waals surface area contributed by atoms with E-state index in [1.165, 1.54) is 11.8 Å². The summed E-state index contributed by atoms with van der Waals surface area (Å²) in [6, 6.07) is 18.4. The summed E-state index contributed by atoms with van der Waals surface area (Å²) < 4.78 is 6.61. The summed E-state index contributed by atoms with van der Waals surface area (Å²) in [5, 5.41) is 7.49. The Kier molecular flexibility index (Phi) is 5.67. The molecule has 0 bridgehead atoms. The minimum absolute atomic E-state index is 0.0815. The molecule has 30 heavy (non-hydrogen) atoms. The molecule has 2 aromatic carbocycles. The van der Waals surface area contributed by atoms with Crippen molar-refractivity contribution in [2.24, 2.45) is 0 Å². The van der Waals surface area contributed by atoms with Crippen molar-refractivity contribution in [3.63, 3.8) is 0 Å². The third-order valence-electron chi connectivity index (χ3n) is 4.67. The molecule has 4 aromatic rings. The first-order valence-electron chi connectivity index (χ1n) is 9.45. The molecule has 2 heterocycles. The fourth-order valence-corrected chi connectivity index (χ4v) is 4.06. The zero-order valence-electron chi connectivity index (χ0n) is 16.5. The molecule has 0 aliphatic carbocycles. The standard InChI is InChI=1S/C22H20N4O3S/c1-14-12-19(25-29-14)24-20(27)13-30-22-23-18-11-7-6-10-17(18)21(28)26(22)15(2)16-8-4-3-5-9-16/h3-12,15H,13H2,1-2H3,(H,24,25,27)/t15-/m1/s1. The lowest BCUT2D eigenvalue weighted by molar-refractivity contribution is -0.113. The number of aromatic nitrogens is 3. The van der Waals surface area contributed by atoms with Crippen LogP contribution in [0.5, 0.6) is 0 Å². The van der Waals surface area contributed by atoms with E-state index in [0.29, 0.717) is 27.6 Å². The van der Waals surface area contributed by atoms with Gasteiger partial charge in [0.2, 0.25) is 5.91 Å². The Balaban J connectivity index is 1.67. The quantitative estimate of drug-likeness (QED) is 0.374. The molecule has 152 valence electrons. The van der Waals surface area contributed by atoms with Gasteiger partial charge in [-0.2, -0.15) is 0 Å². The number of hydrogen-bond donors (Lipinski definition) is 1. The SMILES string of the molecule is Cc1cc(NC(=O)CSc2nc3ccccc3c(=O)n2[C@H](C)c2ccccc2)no1. The van der Waals surface area contributed by atoms with E-state index in [9.17, 15) is 9.59 Å². The smallest absolute Gasteiger partial charge is 0.262 e. The van der Waals surface area contributed by atoms with Crippen LogP contribution in [0.3, 0.4) is 0 Å². The van der Waals surface area contributed by atoms with Crippen molar-refractivity contribution >= 4 is 34.4 Å². The fraction of sp³-hybridized carbons (Fsp3) is 0.182. The van der Waals surface area contributed by atoms with Crippen molar-refractivity contribution in [3.8, 4) is 0 Å². The van der Waals surface area contributed by atoms with Gasteiger partial charge in [-0.15, -0.1) is 0 Å². The molecule has 7 nitrogen and oxygen atoms in total. The topological polar surface area (TPSA) is 90.0 Å². The molecule has 0 unspecified atom stereocenters. The van der Waals surface area contributed by atoms with Gasteiger partial charge in [0, 0.05) is 6.07 Å². The zero-order valence-corrected chi connectivity index (χ0v) is 17.3. The van der Waals surface area contributed by atoms with Crippen LogP contribution in [-0.4, -0.2) is 26.4 Å². The molecule has 0 fully saturated rings. The summed E-state index contributed by atoms with van der Waals surface area (Å²) in [6.07, 6.45) is 0. The van der Waals surface area contributed by atoms with Gasteiger partial charge in [-0.25, -0.2) is 4.98 Å². The molecule has 0 saturated heterocycles. The van der Waals surface area contributed by atoms with Crippen molar-refractivity contribution in [2.45, 2.75) is 25.0 Å². The van der Waals surface area contributed by atoms with Crippen molar-refractivity contribution in [1.29, 1.82) is 0 Å². The highest BCUT2D eigenvalue weighted by Gasteiger charge is 2.19. The summed E-state index contributed by atoms with van der Waals surface area (Å²) in [5.74, 6) is 0.798. The van der Waals surface area contributed by atoms with Gasteiger partial charge in [0.1, 0.15) is 5.76 Å². The number of amides is 1. The second kappa shape index (κ2) is 8.54. The normalized spacial score (nSPS) is 12.1. The molecule has 0 aliphatic heterocycles. The van der Waals surface area contributed by atoms with Crippen molar-refractivity contribution < 1.29 is 9.32 Å². The Morgan fingerprint density at radius 1 is 1.17 bits per heavy atom. The number of aryl methyl sites for hydroxylation is 1. The molecule has 0 spiro atoms. The van der Waals surface area contributed by atoms with Crippen molar-refractivity contribution in [2.75, 3.05) is 11.1 Å². The van der Waals surface area contributed by atoms with Crippen LogP contribution in [0.4, 0.5) is 5.82 Å². The molecule has 1 N–H and O–H groups in total. The minimum Gasteiger partial charge on any atom is -0.360 e. The first-order valence-corrected chi connectivity index (χ1v) is 10.4. The number of para-hydroxylation sites is 1. The monoisotopic (exact) mass is 420 g/mol. The average Bonchev–Trinajstić information content (AvgIpc) is 3.17. The summed E-state index contributed by atoms with van der Waals surface area (Å²) in [7, 11) is 0. The van der Waals surface area contributed by atoms with Crippen LogP contribution >= 0.6 is 11.8 Å². The van der Waals surface area contributed by atoms with Gasteiger partial charge in [-0.1, -0.05) is 59.4 Å². The van der Waals surface area contributed by atoms with Crippen LogP contribution in [0.15, 0.2) is 75.1 Å². The van der Waals surface area contributed by atoms with Gasteiger partial charge in [-0.3, -0.25) is 14.2 Å². The lowest BCUT2D eigenvalue weighted by Gasteiger charge is -2.19. The van der Waals surface area contributed by atoms with E-state index in [-0.39, 0.29) is 23.3 Å². The lowest BCUT2D eigenvalue weighted by Crippen LogP contribution is -2.27. The van der Waals surface area contributed by atoms with E-state index >= 15 is 0 Å². The number of thioether (sulfide) groups is 1. The minimum atomic E-state index is -0.255. The van der Waals surface area contributed by atoms with E-state index in [1.54, 1.807) is 29.7 Å². The second-order valence-corrected chi connectivity index (χ2v) is 7.78. The maximum absolute atomic E-state index is 13.3. The highest BCUT2D eigenvalue weighted by atomic mass is 32.2. The van der Waals surface area contributed by atoms with Crippen LogP contribution in [-0.2, 0) is 4.79 Å². The molecule has 1 amide bonds. The van der Waals surface area contributed by atoms with Gasteiger partial charge in [0.25, 0.3) is 5.56 Å². The molecule has 0 saturated carbocycles. The summed E-state index contributed by atoms with van der Waals surface area (Å²) in [5.41, 5.74) is 1.46. The number of hydrogen-bond acceptors (Lipinski definition) is 6. The molecular formula is C22H20N4O3S.